The SMILES string of the molecule is CC[NH+](CC(=O)Nc1ccccc1C(F)(F)F)CC(=O)N[C@@](C)(C#N)C(C)C. The van der Waals surface area contributed by atoms with E-state index >= 15 is 0 Å². The maximum absolute atomic E-state index is 13.0. The highest BCUT2D eigenvalue weighted by Crippen LogP contribution is 2.34. The molecule has 0 saturated heterocycles. The summed E-state index contributed by atoms with van der Waals surface area (Å²) >= 11 is 0. The predicted octanol–water partition coefficient (Wildman–Crippen LogP) is 1.60. The van der Waals surface area contributed by atoms with Gasteiger partial charge in [-0.25, -0.2) is 0 Å². The molecule has 0 aliphatic heterocycles. The Hall–Kier alpha value is -2.60. The number of carbonyl (C=O) groups excluding carboxylic acids is 2. The maximum Gasteiger partial charge on any atom is 0.418 e. The average Bonchev–Trinajstić information content (AvgIpc) is 2.60. The molecule has 0 spiro atoms. The summed E-state index contributed by atoms with van der Waals surface area (Å²) in [4.78, 5) is 25.0. The first-order valence-electron chi connectivity index (χ1n) is 8.94. The number of benzene rings is 1. The van der Waals surface area contributed by atoms with Gasteiger partial charge >= 0.3 is 6.18 Å². The summed E-state index contributed by atoms with van der Waals surface area (Å²) in [5.41, 5.74) is -2.29. The van der Waals surface area contributed by atoms with Gasteiger partial charge in [-0.05, 0) is 31.9 Å². The Balaban J connectivity index is 2.75. The van der Waals surface area contributed by atoms with Crippen molar-refractivity contribution in [1.29, 1.82) is 5.26 Å². The van der Waals surface area contributed by atoms with E-state index in [2.05, 4.69) is 16.7 Å². The quantitative estimate of drug-likeness (QED) is 0.621. The van der Waals surface area contributed by atoms with Gasteiger partial charge in [-0.3, -0.25) is 9.59 Å². The van der Waals surface area contributed by atoms with Crippen molar-refractivity contribution < 1.29 is 27.7 Å². The number of nitriles is 1. The van der Waals surface area contributed by atoms with E-state index in [0.717, 1.165) is 6.07 Å². The van der Waals surface area contributed by atoms with Crippen LogP contribution in [0.3, 0.4) is 0 Å². The molecule has 9 heteroatoms. The Kier molecular flexibility index (Phi) is 8.00. The Labute approximate surface area is 162 Å². The number of likely N-dealkylation sites (N-methyl/N-ethyl adjacent to an activating group) is 1. The number of hydrogen-bond acceptors (Lipinski definition) is 3. The first kappa shape index (κ1) is 23.4. The minimum Gasteiger partial charge on any atom is -0.333 e. The monoisotopic (exact) mass is 399 g/mol. The minimum atomic E-state index is -4.58. The Bertz CT molecular complexity index is 743. The van der Waals surface area contributed by atoms with Crippen molar-refractivity contribution >= 4 is 17.5 Å². The topological polar surface area (TPSA) is 86.4 Å². The van der Waals surface area contributed by atoms with Gasteiger partial charge in [0.1, 0.15) is 5.54 Å². The highest BCUT2D eigenvalue weighted by molar-refractivity contribution is 5.92. The zero-order valence-corrected chi connectivity index (χ0v) is 16.4. The lowest BCUT2D eigenvalue weighted by atomic mass is 9.90. The minimum absolute atomic E-state index is 0.0746. The lowest BCUT2D eigenvalue weighted by molar-refractivity contribution is -0.881. The van der Waals surface area contributed by atoms with Gasteiger partial charge in [0, 0.05) is 0 Å². The van der Waals surface area contributed by atoms with Crippen molar-refractivity contribution in [2.24, 2.45) is 5.92 Å². The molecule has 0 aromatic heterocycles. The molecule has 1 aromatic carbocycles. The van der Waals surface area contributed by atoms with Gasteiger partial charge in [-0.2, -0.15) is 18.4 Å². The van der Waals surface area contributed by atoms with Crippen LogP contribution < -0.4 is 15.5 Å². The van der Waals surface area contributed by atoms with Crippen molar-refractivity contribution in [3.63, 3.8) is 0 Å². The summed E-state index contributed by atoms with van der Waals surface area (Å²) in [6.45, 7) is 7.13. The molecule has 154 valence electrons. The van der Waals surface area contributed by atoms with Crippen LogP contribution in [0.2, 0.25) is 0 Å². The smallest absolute Gasteiger partial charge is 0.333 e. The van der Waals surface area contributed by atoms with Crippen LogP contribution in [-0.2, 0) is 15.8 Å². The van der Waals surface area contributed by atoms with Crippen molar-refractivity contribution in [1.82, 2.24) is 5.32 Å². The Morgan fingerprint density at radius 3 is 2.25 bits per heavy atom. The van der Waals surface area contributed by atoms with Crippen LogP contribution in [0, 0.1) is 17.2 Å². The lowest BCUT2D eigenvalue weighted by Gasteiger charge is -2.28. The summed E-state index contributed by atoms with van der Waals surface area (Å²) in [5.74, 6) is -1.15. The van der Waals surface area contributed by atoms with Crippen molar-refractivity contribution in [3.05, 3.63) is 29.8 Å². The number of para-hydroxylation sites is 1. The number of nitrogens with zero attached hydrogens (tertiary/aromatic N) is 1. The molecular formula is C19H26F3N4O2+. The lowest BCUT2D eigenvalue weighted by Crippen LogP contribution is -3.14. The van der Waals surface area contributed by atoms with Gasteiger partial charge in [-0.1, -0.05) is 26.0 Å². The number of rotatable bonds is 8. The molecule has 0 saturated carbocycles. The fourth-order valence-corrected chi connectivity index (χ4v) is 2.44. The molecule has 0 aliphatic rings. The highest BCUT2D eigenvalue weighted by atomic mass is 19.4. The predicted molar refractivity (Wildman–Crippen MR) is 98.3 cm³/mol. The molecule has 1 aromatic rings. The zero-order chi connectivity index (χ0) is 21.5. The normalized spacial score (nSPS) is 14.7. The van der Waals surface area contributed by atoms with Crippen molar-refractivity contribution in [2.45, 2.75) is 39.4 Å². The molecule has 1 unspecified atom stereocenters. The van der Waals surface area contributed by atoms with E-state index in [1.807, 2.05) is 0 Å². The third-order valence-corrected chi connectivity index (χ3v) is 4.61. The van der Waals surface area contributed by atoms with Crippen LogP contribution in [-0.4, -0.2) is 37.0 Å². The summed E-state index contributed by atoms with van der Waals surface area (Å²) in [5, 5.41) is 14.2. The maximum atomic E-state index is 13.0. The molecule has 0 aliphatic carbocycles. The third-order valence-electron chi connectivity index (χ3n) is 4.61. The second-order valence-electron chi connectivity index (χ2n) is 7.07. The number of quaternary nitrogens is 1. The number of carbonyl (C=O) groups is 2. The number of nitrogens with one attached hydrogen (secondary N) is 3. The second-order valence-corrected chi connectivity index (χ2v) is 7.07. The summed E-state index contributed by atoms with van der Waals surface area (Å²) in [6, 6.07) is 6.78. The van der Waals surface area contributed by atoms with E-state index in [1.54, 1.807) is 27.7 Å². The number of anilines is 1. The molecule has 1 rings (SSSR count). The zero-order valence-electron chi connectivity index (χ0n) is 16.4. The molecule has 2 amide bonds. The van der Waals surface area contributed by atoms with Crippen LogP contribution in [0.1, 0.15) is 33.3 Å². The fourth-order valence-electron chi connectivity index (χ4n) is 2.44. The van der Waals surface area contributed by atoms with E-state index in [-0.39, 0.29) is 24.7 Å². The largest absolute Gasteiger partial charge is 0.418 e. The van der Waals surface area contributed by atoms with E-state index in [4.69, 9.17) is 0 Å². The van der Waals surface area contributed by atoms with E-state index in [0.29, 0.717) is 11.4 Å². The number of alkyl halides is 3. The number of halogens is 3. The van der Waals surface area contributed by atoms with Crippen LogP contribution in [0.4, 0.5) is 18.9 Å². The molecular weight excluding hydrogens is 373 g/mol. The molecule has 28 heavy (non-hydrogen) atoms. The summed E-state index contributed by atoms with van der Waals surface area (Å²) in [6.07, 6.45) is -4.58. The standard InChI is InChI=1S/C19H25F3N4O2/c1-5-26(11-17(28)25-18(4,12-23)13(2)3)10-16(27)24-15-9-7-6-8-14(15)19(20,21)22/h6-9,13H,5,10-11H2,1-4H3,(H,24,27)(H,25,28)/p+1/t18-/m0/s1. The molecule has 0 bridgehead atoms. The molecule has 0 radical (unpaired) electrons. The van der Waals surface area contributed by atoms with Crippen LogP contribution >= 0.6 is 0 Å². The fraction of sp³-hybridized carbons (Fsp3) is 0.526. The molecule has 0 heterocycles. The van der Waals surface area contributed by atoms with E-state index in [9.17, 15) is 28.0 Å². The average molecular weight is 399 g/mol. The molecule has 6 nitrogen and oxygen atoms in total. The van der Waals surface area contributed by atoms with Crippen molar-refractivity contribution in [2.75, 3.05) is 25.0 Å². The number of amides is 2. The van der Waals surface area contributed by atoms with Gasteiger partial charge < -0.3 is 15.5 Å². The molecule has 0 fully saturated rings. The molecule has 3 N–H and O–H groups in total. The van der Waals surface area contributed by atoms with Gasteiger partial charge in [0.25, 0.3) is 11.8 Å². The van der Waals surface area contributed by atoms with Crippen LogP contribution in [0.15, 0.2) is 24.3 Å². The first-order chi connectivity index (χ1) is 12.9. The number of hydrogen-bond donors (Lipinski definition) is 3. The molecule has 2 atom stereocenters. The third kappa shape index (κ3) is 6.53. The Morgan fingerprint density at radius 2 is 1.75 bits per heavy atom. The summed E-state index contributed by atoms with van der Waals surface area (Å²) < 4.78 is 39.1. The van der Waals surface area contributed by atoms with Gasteiger partial charge in [0.05, 0.1) is 23.9 Å². The second kappa shape index (κ2) is 9.55. The van der Waals surface area contributed by atoms with E-state index in [1.165, 1.54) is 18.2 Å². The summed E-state index contributed by atoms with van der Waals surface area (Å²) in [7, 11) is 0. The highest BCUT2D eigenvalue weighted by Gasteiger charge is 2.34. The van der Waals surface area contributed by atoms with Gasteiger partial charge in [-0.15, -0.1) is 0 Å². The van der Waals surface area contributed by atoms with Crippen LogP contribution in [0.25, 0.3) is 0 Å². The van der Waals surface area contributed by atoms with Crippen molar-refractivity contribution in [3.8, 4) is 6.07 Å². The van der Waals surface area contributed by atoms with Gasteiger partial charge in [0.2, 0.25) is 0 Å². The van der Waals surface area contributed by atoms with Gasteiger partial charge in [0.15, 0.2) is 13.1 Å². The first-order valence-corrected chi connectivity index (χ1v) is 8.94. The Morgan fingerprint density at radius 1 is 1.18 bits per heavy atom. The van der Waals surface area contributed by atoms with E-state index < -0.39 is 29.1 Å². The van der Waals surface area contributed by atoms with Crippen LogP contribution in [0.5, 0.6) is 0 Å².